The molecule has 0 radical (unpaired) electrons. The first-order chi connectivity index (χ1) is 49.3. The average Bonchev–Trinajstić information content (AvgIpc) is 1.66. The van der Waals surface area contributed by atoms with Crippen LogP contribution in [0.1, 0.15) is 84.1 Å². The second kappa shape index (κ2) is 39.4. The second-order valence-corrected chi connectivity index (χ2v) is 25.1. The number of carbonyl (C=O) groups is 3. The number of nitrogens with zero attached hydrogens (tertiary/aromatic N) is 6. The van der Waals surface area contributed by atoms with Gasteiger partial charge < -0.3 is 49.4 Å². The molecule has 5 N–H and O–H groups in total. The Hall–Kier alpha value is -8.92. The minimum absolute atomic E-state index is 0. The zero-order valence-electron chi connectivity index (χ0n) is 58.5. The first-order valence-electron chi connectivity index (χ1n) is 34.1. The van der Waals surface area contributed by atoms with Crippen molar-refractivity contribution in [2.75, 3.05) is 115 Å². The van der Waals surface area contributed by atoms with E-state index in [0.29, 0.717) is 16.7 Å². The maximum absolute atomic E-state index is 13.1. The summed E-state index contributed by atoms with van der Waals surface area (Å²) in [5.74, 6) is -1.72. The molecule has 12 rings (SSSR count). The van der Waals surface area contributed by atoms with Crippen molar-refractivity contribution in [2.24, 2.45) is 0 Å². The molecule has 3 aromatic heterocycles. The van der Waals surface area contributed by atoms with E-state index >= 15 is 0 Å². The third-order valence-electron chi connectivity index (χ3n) is 18.0. The first-order valence-corrected chi connectivity index (χ1v) is 34.1. The van der Waals surface area contributed by atoms with Crippen molar-refractivity contribution < 1.29 is 73.2 Å². The van der Waals surface area contributed by atoms with Gasteiger partial charge in [0.05, 0.1) is 73.0 Å². The number of ether oxygens (including phenoxy) is 3. The molecule has 3 fully saturated rings. The number of hydrogen-bond acceptors (Lipinski definition) is 10. The molecule has 6 heterocycles. The molecule has 0 atom stereocenters. The SMILES string of the molecule is Cc1c(C(=O)Nc2cccc(C(F)(F)F)c2)cc(-c2ccccc2)n1CCCN1CCOCC1.Cc1c(C(=O)Nc2cccc(C(F)(F)F)c2)cc(-c2ccccc2)n1CCCN1CCOCC1.Cc1c(C(=O)O)cc(-c2ccccc2)n1CCCN1CCOCC1.Cl.Cl.Nc1cccc(C(F)(F)F)c1. The van der Waals surface area contributed by atoms with Crippen molar-refractivity contribution in [3.8, 4) is 33.8 Å². The van der Waals surface area contributed by atoms with Crippen LogP contribution in [0.25, 0.3) is 33.8 Å². The summed E-state index contributed by atoms with van der Waals surface area (Å²) in [5, 5.41) is 14.7. The van der Waals surface area contributed by atoms with E-state index < -0.39 is 53.0 Å². The highest BCUT2D eigenvalue weighted by Crippen LogP contribution is 2.35. The van der Waals surface area contributed by atoms with Crippen LogP contribution in [0.15, 0.2) is 182 Å². The molecule has 3 saturated heterocycles. The maximum Gasteiger partial charge on any atom is 0.416 e. The molecule has 564 valence electrons. The molecule has 2 amide bonds. The van der Waals surface area contributed by atoms with Gasteiger partial charge >= 0.3 is 24.5 Å². The molecule has 9 aromatic rings. The van der Waals surface area contributed by atoms with Crippen molar-refractivity contribution in [1.82, 2.24) is 28.4 Å². The Morgan fingerprint density at radius 3 is 0.962 bits per heavy atom. The predicted molar refractivity (Wildman–Crippen MR) is 396 cm³/mol. The van der Waals surface area contributed by atoms with Gasteiger partial charge in [0.1, 0.15) is 0 Å². The van der Waals surface area contributed by atoms with E-state index in [1.165, 1.54) is 36.4 Å². The molecule has 3 aliphatic rings. The molecule has 16 nitrogen and oxygen atoms in total. The van der Waals surface area contributed by atoms with E-state index in [-0.39, 0.29) is 41.9 Å². The minimum Gasteiger partial charge on any atom is -0.478 e. The van der Waals surface area contributed by atoms with Gasteiger partial charge in [-0.05, 0) is 130 Å². The molecule has 3 aliphatic heterocycles. The van der Waals surface area contributed by atoms with Crippen LogP contribution in [0.5, 0.6) is 0 Å². The monoisotopic (exact) mass is 1500 g/mol. The Kier molecular flexibility index (Phi) is 31.3. The molecule has 105 heavy (non-hydrogen) atoms. The molecule has 0 spiro atoms. The summed E-state index contributed by atoms with van der Waals surface area (Å²) in [6.07, 6.45) is -10.4. The lowest BCUT2D eigenvalue weighted by Gasteiger charge is -2.26. The Bertz CT molecular complexity index is 4030. The number of carboxylic acids is 1. The summed E-state index contributed by atoms with van der Waals surface area (Å²) in [6.45, 7) is 21.0. The number of anilines is 3. The van der Waals surface area contributed by atoms with Crippen molar-refractivity contribution in [1.29, 1.82) is 0 Å². The number of benzene rings is 6. The number of nitrogens with one attached hydrogen (secondary N) is 2. The molecule has 0 saturated carbocycles. The van der Waals surface area contributed by atoms with Crippen LogP contribution in [0.2, 0.25) is 0 Å². The van der Waals surface area contributed by atoms with Gasteiger partial charge in [0.2, 0.25) is 0 Å². The number of rotatable bonds is 20. The Morgan fingerprint density at radius 2 is 0.676 bits per heavy atom. The quantitative estimate of drug-likeness (QED) is 0.0422. The summed E-state index contributed by atoms with van der Waals surface area (Å²) in [7, 11) is 0. The predicted octanol–water partition coefficient (Wildman–Crippen LogP) is 16.9. The number of halogens is 11. The van der Waals surface area contributed by atoms with Gasteiger partial charge in [0.25, 0.3) is 11.8 Å². The molecular formula is C78H88Cl2F9N9O7. The second-order valence-electron chi connectivity index (χ2n) is 25.1. The third-order valence-corrected chi connectivity index (χ3v) is 18.0. The van der Waals surface area contributed by atoms with E-state index in [1.54, 1.807) is 6.07 Å². The van der Waals surface area contributed by atoms with Crippen molar-refractivity contribution in [2.45, 2.75) is 78.2 Å². The number of carboxylic acid groups (broad SMARTS) is 1. The molecule has 0 bridgehead atoms. The summed E-state index contributed by atoms with van der Waals surface area (Å²) in [4.78, 5) is 44.8. The highest BCUT2D eigenvalue weighted by molar-refractivity contribution is 6.07. The number of morpholine rings is 3. The van der Waals surface area contributed by atoms with Gasteiger partial charge in [0, 0.05) is 130 Å². The van der Waals surface area contributed by atoms with Gasteiger partial charge in [-0.25, -0.2) is 4.79 Å². The van der Waals surface area contributed by atoms with E-state index in [9.17, 15) is 59.0 Å². The zero-order chi connectivity index (χ0) is 73.7. The van der Waals surface area contributed by atoms with Gasteiger partial charge in [0.15, 0.2) is 0 Å². The lowest BCUT2D eigenvalue weighted by Crippen LogP contribution is -2.37. The molecular weight excluding hydrogens is 1420 g/mol. The Labute approximate surface area is 617 Å². The number of carbonyl (C=O) groups excluding carboxylic acids is 2. The van der Waals surface area contributed by atoms with Gasteiger partial charge in [-0.1, -0.05) is 109 Å². The summed E-state index contributed by atoms with van der Waals surface area (Å²) in [5.41, 5.74) is 12.7. The number of amides is 2. The number of nitrogens with two attached hydrogens (primary N) is 1. The molecule has 6 aromatic carbocycles. The van der Waals surface area contributed by atoms with E-state index in [2.05, 4.69) is 39.0 Å². The number of aromatic carboxylic acids is 1. The minimum atomic E-state index is -4.47. The largest absolute Gasteiger partial charge is 0.478 e. The highest BCUT2D eigenvalue weighted by Gasteiger charge is 2.33. The number of nitrogen functional groups attached to an aromatic ring is 1. The van der Waals surface area contributed by atoms with E-state index in [0.717, 1.165) is 225 Å². The maximum atomic E-state index is 13.1. The topological polar surface area (TPSA) is 174 Å². The fourth-order valence-electron chi connectivity index (χ4n) is 12.5. The lowest BCUT2D eigenvalue weighted by atomic mass is 10.1. The van der Waals surface area contributed by atoms with E-state index in [4.69, 9.17) is 19.9 Å². The number of alkyl halides is 9. The molecule has 0 aliphatic carbocycles. The molecule has 0 unspecified atom stereocenters. The van der Waals surface area contributed by atoms with Gasteiger partial charge in [-0.3, -0.25) is 24.3 Å². The fraction of sp³-hybridized carbons (Fsp3) is 0.346. The van der Waals surface area contributed by atoms with Crippen LogP contribution >= 0.6 is 24.8 Å². The summed E-state index contributed by atoms with van der Waals surface area (Å²) < 4.78 is 137. The Balaban J connectivity index is 0.000000205. The van der Waals surface area contributed by atoms with Crippen molar-refractivity contribution in [3.63, 3.8) is 0 Å². The highest BCUT2D eigenvalue weighted by atomic mass is 35.5. The Morgan fingerprint density at radius 1 is 0.390 bits per heavy atom. The third kappa shape index (κ3) is 24.0. The zero-order valence-corrected chi connectivity index (χ0v) is 60.2. The van der Waals surface area contributed by atoms with Crippen LogP contribution in [0, 0.1) is 20.8 Å². The van der Waals surface area contributed by atoms with Crippen LogP contribution in [0.4, 0.5) is 56.6 Å². The normalized spacial score (nSPS) is 14.4. The number of hydrogen-bond donors (Lipinski definition) is 4. The molecule has 27 heteroatoms. The van der Waals surface area contributed by atoms with Crippen molar-refractivity contribution in [3.05, 3.63) is 232 Å². The lowest BCUT2D eigenvalue weighted by molar-refractivity contribution is -0.138. The van der Waals surface area contributed by atoms with Crippen LogP contribution in [0.3, 0.4) is 0 Å². The summed E-state index contributed by atoms with van der Waals surface area (Å²) in [6, 6.07) is 49.0. The van der Waals surface area contributed by atoms with Gasteiger partial charge in [-0.2, -0.15) is 39.5 Å². The smallest absolute Gasteiger partial charge is 0.416 e. The average molecular weight is 1510 g/mol. The summed E-state index contributed by atoms with van der Waals surface area (Å²) >= 11 is 0. The van der Waals surface area contributed by atoms with Crippen molar-refractivity contribution >= 4 is 59.7 Å². The first kappa shape index (κ1) is 83.4. The van der Waals surface area contributed by atoms with E-state index in [1.807, 2.05) is 124 Å². The van der Waals surface area contributed by atoms with Crippen LogP contribution in [-0.4, -0.2) is 150 Å². The van der Waals surface area contributed by atoms with Gasteiger partial charge in [-0.15, -0.1) is 24.8 Å². The number of aromatic nitrogens is 3. The van der Waals surface area contributed by atoms with Crippen LogP contribution in [-0.2, 0) is 52.4 Å². The van der Waals surface area contributed by atoms with Crippen LogP contribution < -0.4 is 16.4 Å². The standard InChI is InChI=1S/2C26H28F3N3O2.C19H24N2O3.C7H6F3N.2ClH/c2*1-19-23(25(33)30-22-10-5-9-21(17-22)26(27,28)29)18-24(20-7-3-2-4-8-20)32(19)12-6-11-31-13-15-34-16-14-31;1-15-17(19(22)23)14-18(16-6-3-2-4-7-16)21(15)9-5-8-20-10-12-24-13-11-20;8-7(9,10)5-2-1-3-6(11)4-5;;/h2*2-5,7-10,17-18H,6,11-16H2,1H3,(H,30,33);2-4,6-7,14H,5,8-13H2,1H3,(H,22,23);1-4H,11H2;2*1H. The fourth-order valence-corrected chi connectivity index (χ4v) is 12.5.